The van der Waals surface area contributed by atoms with Crippen molar-refractivity contribution >= 4 is 16.5 Å². The minimum atomic E-state index is 0.882. The summed E-state index contributed by atoms with van der Waals surface area (Å²) < 4.78 is 0. The Kier molecular flexibility index (Phi) is 3.40. The van der Waals surface area contributed by atoms with Gasteiger partial charge in [-0.3, -0.25) is 0 Å². The molecule has 0 saturated heterocycles. The van der Waals surface area contributed by atoms with E-state index in [1.54, 1.807) is 11.3 Å². The average Bonchev–Trinajstić information content (AvgIpc) is 2.63. The van der Waals surface area contributed by atoms with Crippen LogP contribution >= 0.6 is 11.3 Å². The largest absolute Gasteiger partial charge is 0.361 e. The summed E-state index contributed by atoms with van der Waals surface area (Å²) >= 11 is 1.75. The Morgan fingerprint density at radius 2 is 2.21 bits per heavy atom. The van der Waals surface area contributed by atoms with Gasteiger partial charge in [-0.2, -0.15) is 0 Å². The first kappa shape index (κ1) is 9.97. The first-order valence-corrected chi connectivity index (χ1v) is 6.32. The van der Waals surface area contributed by atoms with Gasteiger partial charge in [0.25, 0.3) is 0 Å². The lowest BCUT2D eigenvalue weighted by Crippen LogP contribution is -2.16. The fourth-order valence-electron chi connectivity index (χ4n) is 2.06. The van der Waals surface area contributed by atoms with E-state index in [0.29, 0.717) is 0 Å². The molecule has 1 heterocycles. The molecule has 0 spiro atoms. The summed E-state index contributed by atoms with van der Waals surface area (Å²) in [5, 5.41) is 4.53. The average molecular weight is 210 g/mol. The van der Waals surface area contributed by atoms with E-state index in [4.69, 9.17) is 0 Å². The Morgan fingerprint density at radius 3 is 2.86 bits per heavy atom. The van der Waals surface area contributed by atoms with E-state index in [9.17, 15) is 0 Å². The van der Waals surface area contributed by atoms with Crippen LogP contribution in [0.4, 0.5) is 5.13 Å². The van der Waals surface area contributed by atoms with Crippen LogP contribution in [0, 0.1) is 12.8 Å². The molecule has 1 aliphatic rings. The molecule has 1 saturated carbocycles. The van der Waals surface area contributed by atoms with Crippen molar-refractivity contribution in [3.8, 4) is 0 Å². The molecule has 14 heavy (non-hydrogen) atoms. The van der Waals surface area contributed by atoms with E-state index >= 15 is 0 Å². The van der Waals surface area contributed by atoms with Crippen molar-refractivity contribution in [2.24, 2.45) is 5.92 Å². The SMILES string of the molecule is Cc1cnc(NCC2CCCCC2)s1. The number of hydrogen-bond donors (Lipinski definition) is 1. The molecule has 1 fully saturated rings. The number of nitrogens with one attached hydrogen (secondary N) is 1. The van der Waals surface area contributed by atoms with Crippen LogP contribution in [-0.2, 0) is 0 Å². The second-order valence-electron chi connectivity index (χ2n) is 4.16. The number of anilines is 1. The predicted octanol–water partition coefficient (Wildman–Crippen LogP) is 3.44. The smallest absolute Gasteiger partial charge is 0.182 e. The quantitative estimate of drug-likeness (QED) is 0.826. The van der Waals surface area contributed by atoms with Crippen molar-refractivity contribution in [3.63, 3.8) is 0 Å². The Labute approximate surface area is 89.8 Å². The molecule has 3 heteroatoms. The topological polar surface area (TPSA) is 24.9 Å². The summed E-state index contributed by atoms with van der Waals surface area (Å²) in [4.78, 5) is 5.60. The van der Waals surface area contributed by atoms with Gasteiger partial charge in [-0.05, 0) is 25.7 Å². The van der Waals surface area contributed by atoms with Crippen LogP contribution in [0.3, 0.4) is 0 Å². The zero-order chi connectivity index (χ0) is 9.80. The minimum Gasteiger partial charge on any atom is -0.361 e. The highest BCUT2D eigenvalue weighted by Crippen LogP contribution is 2.24. The summed E-state index contributed by atoms with van der Waals surface area (Å²) in [6.07, 6.45) is 9.02. The van der Waals surface area contributed by atoms with E-state index in [2.05, 4.69) is 17.2 Å². The molecule has 0 aromatic carbocycles. The van der Waals surface area contributed by atoms with E-state index in [-0.39, 0.29) is 0 Å². The molecule has 2 nitrogen and oxygen atoms in total. The van der Waals surface area contributed by atoms with E-state index in [1.807, 2.05) is 6.20 Å². The van der Waals surface area contributed by atoms with E-state index < -0.39 is 0 Å². The van der Waals surface area contributed by atoms with Gasteiger partial charge in [-0.15, -0.1) is 11.3 Å². The number of nitrogens with zero attached hydrogens (tertiary/aromatic N) is 1. The zero-order valence-electron chi connectivity index (χ0n) is 8.75. The third-order valence-corrected chi connectivity index (χ3v) is 3.76. The highest BCUT2D eigenvalue weighted by molar-refractivity contribution is 7.15. The van der Waals surface area contributed by atoms with Crippen LogP contribution in [0.15, 0.2) is 6.20 Å². The Hall–Kier alpha value is -0.570. The van der Waals surface area contributed by atoms with Crippen LogP contribution < -0.4 is 5.32 Å². The first-order chi connectivity index (χ1) is 6.84. The van der Waals surface area contributed by atoms with Gasteiger partial charge in [0.1, 0.15) is 0 Å². The molecule has 0 aliphatic heterocycles. The van der Waals surface area contributed by atoms with Gasteiger partial charge in [0.05, 0.1) is 0 Å². The molecule has 2 rings (SSSR count). The molecule has 0 bridgehead atoms. The second kappa shape index (κ2) is 4.78. The lowest BCUT2D eigenvalue weighted by Gasteiger charge is -2.21. The first-order valence-electron chi connectivity index (χ1n) is 5.51. The number of thiazole rings is 1. The summed E-state index contributed by atoms with van der Waals surface area (Å²) in [6.45, 7) is 3.22. The molecule has 78 valence electrons. The molecule has 0 unspecified atom stereocenters. The number of rotatable bonds is 3. The fraction of sp³-hybridized carbons (Fsp3) is 0.727. The monoisotopic (exact) mass is 210 g/mol. The van der Waals surface area contributed by atoms with Gasteiger partial charge in [-0.1, -0.05) is 19.3 Å². The standard InChI is InChI=1S/C11H18N2S/c1-9-7-12-11(14-9)13-8-10-5-3-2-4-6-10/h7,10H,2-6,8H2,1H3,(H,12,13). The maximum absolute atomic E-state index is 4.31. The van der Waals surface area contributed by atoms with Crippen molar-refractivity contribution in [2.75, 3.05) is 11.9 Å². The van der Waals surface area contributed by atoms with Crippen molar-refractivity contribution in [3.05, 3.63) is 11.1 Å². The summed E-state index contributed by atoms with van der Waals surface area (Å²) in [5.41, 5.74) is 0. The second-order valence-corrected chi connectivity index (χ2v) is 5.40. The van der Waals surface area contributed by atoms with Crippen LogP contribution in [0.1, 0.15) is 37.0 Å². The highest BCUT2D eigenvalue weighted by Gasteiger charge is 2.13. The zero-order valence-corrected chi connectivity index (χ0v) is 9.57. The molecule has 0 atom stereocenters. The van der Waals surface area contributed by atoms with E-state index in [1.165, 1.54) is 37.0 Å². The number of aromatic nitrogens is 1. The van der Waals surface area contributed by atoms with Crippen molar-refractivity contribution < 1.29 is 0 Å². The minimum absolute atomic E-state index is 0.882. The van der Waals surface area contributed by atoms with Gasteiger partial charge < -0.3 is 5.32 Å². The Balaban J connectivity index is 1.76. The van der Waals surface area contributed by atoms with Crippen molar-refractivity contribution in [1.29, 1.82) is 0 Å². The Morgan fingerprint density at radius 1 is 1.43 bits per heavy atom. The molecule has 1 N–H and O–H groups in total. The van der Waals surface area contributed by atoms with Crippen molar-refractivity contribution in [2.45, 2.75) is 39.0 Å². The van der Waals surface area contributed by atoms with E-state index in [0.717, 1.165) is 17.6 Å². The molecule has 0 amide bonds. The molecule has 0 radical (unpaired) electrons. The fourth-order valence-corrected chi connectivity index (χ4v) is 2.73. The van der Waals surface area contributed by atoms with Crippen LogP contribution in [0.5, 0.6) is 0 Å². The maximum Gasteiger partial charge on any atom is 0.182 e. The molecule has 1 aromatic heterocycles. The third-order valence-electron chi connectivity index (χ3n) is 2.89. The summed E-state index contributed by atoms with van der Waals surface area (Å²) in [7, 11) is 0. The van der Waals surface area contributed by atoms with Crippen LogP contribution in [0.2, 0.25) is 0 Å². The summed E-state index contributed by atoms with van der Waals surface area (Å²) in [5.74, 6) is 0.882. The predicted molar refractivity (Wildman–Crippen MR) is 61.9 cm³/mol. The van der Waals surface area contributed by atoms with Crippen molar-refractivity contribution in [1.82, 2.24) is 4.98 Å². The summed E-state index contributed by atoms with van der Waals surface area (Å²) in [6, 6.07) is 0. The molecular weight excluding hydrogens is 192 g/mol. The van der Waals surface area contributed by atoms with Gasteiger partial charge in [0.2, 0.25) is 0 Å². The normalized spacial score (nSPS) is 18.4. The molecule has 1 aliphatic carbocycles. The molecule has 1 aromatic rings. The third kappa shape index (κ3) is 2.71. The lowest BCUT2D eigenvalue weighted by atomic mass is 9.89. The van der Waals surface area contributed by atoms with Crippen LogP contribution in [0.25, 0.3) is 0 Å². The lowest BCUT2D eigenvalue weighted by molar-refractivity contribution is 0.373. The number of hydrogen-bond acceptors (Lipinski definition) is 3. The highest BCUT2D eigenvalue weighted by atomic mass is 32.1. The van der Waals surface area contributed by atoms with Gasteiger partial charge in [0, 0.05) is 17.6 Å². The van der Waals surface area contributed by atoms with Gasteiger partial charge in [-0.25, -0.2) is 4.98 Å². The Bertz CT molecular complexity index is 277. The maximum atomic E-state index is 4.31. The van der Waals surface area contributed by atoms with Gasteiger partial charge >= 0.3 is 0 Å². The number of aryl methyl sites for hydroxylation is 1. The van der Waals surface area contributed by atoms with Gasteiger partial charge in [0.15, 0.2) is 5.13 Å². The molecular formula is C11H18N2S. The van der Waals surface area contributed by atoms with Crippen LogP contribution in [-0.4, -0.2) is 11.5 Å².